The molecule has 2 saturated heterocycles. The predicted molar refractivity (Wildman–Crippen MR) is 126 cm³/mol. The summed E-state index contributed by atoms with van der Waals surface area (Å²) in [6.07, 6.45) is 8.10. The molecule has 32 heavy (non-hydrogen) atoms. The summed E-state index contributed by atoms with van der Waals surface area (Å²) in [6.45, 7) is 7.79. The van der Waals surface area contributed by atoms with Gasteiger partial charge in [-0.2, -0.15) is 0 Å². The molecule has 4 rings (SSSR count). The molecular weight excluding hydrogens is 402 g/mol. The SMILES string of the molecule is COC1CC(C)CCC1C(=O)NC1CCC(C)C(C2CC3CNC(C)CC3N(C)C2=O)C1. The fraction of sp³-hybridized carbons (Fsp3) is 0.923. The van der Waals surface area contributed by atoms with Crippen molar-refractivity contribution in [3.63, 3.8) is 0 Å². The minimum atomic E-state index is -0.0347. The number of carbonyl (C=O) groups excluding carboxylic acids is 2. The van der Waals surface area contributed by atoms with Crippen molar-refractivity contribution in [2.75, 3.05) is 20.7 Å². The second-order valence-electron chi connectivity index (χ2n) is 11.6. The number of amides is 2. The highest BCUT2D eigenvalue weighted by molar-refractivity contribution is 5.81. The van der Waals surface area contributed by atoms with Crippen LogP contribution >= 0.6 is 0 Å². The predicted octanol–water partition coefficient (Wildman–Crippen LogP) is 3.20. The number of rotatable bonds is 4. The molecule has 0 aromatic rings. The second-order valence-corrected chi connectivity index (χ2v) is 11.6. The summed E-state index contributed by atoms with van der Waals surface area (Å²) in [5.41, 5.74) is 0. The van der Waals surface area contributed by atoms with E-state index in [-0.39, 0.29) is 29.9 Å². The van der Waals surface area contributed by atoms with Crippen molar-refractivity contribution in [2.45, 2.75) is 96.4 Å². The van der Waals surface area contributed by atoms with E-state index in [2.05, 4.69) is 36.3 Å². The van der Waals surface area contributed by atoms with Crippen LogP contribution < -0.4 is 10.6 Å². The second kappa shape index (κ2) is 10.0. The molecule has 6 heteroatoms. The molecule has 4 aliphatic rings. The molecule has 6 nitrogen and oxygen atoms in total. The zero-order valence-electron chi connectivity index (χ0n) is 20.8. The number of methoxy groups -OCH3 is 1. The van der Waals surface area contributed by atoms with Crippen molar-refractivity contribution in [3.05, 3.63) is 0 Å². The van der Waals surface area contributed by atoms with E-state index < -0.39 is 0 Å². The third-order valence-corrected chi connectivity index (χ3v) is 9.40. The lowest BCUT2D eigenvalue weighted by Crippen LogP contribution is -2.60. The maximum Gasteiger partial charge on any atom is 0.225 e. The van der Waals surface area contributed by atoms with Crippen LogP contribution in [-0.2, 0) is 14.3 Å². The largest absolute Gasteiger partial charge is 0.381 e. The van der Waals surface area contributed by atoms with Gasteiger partial charge in [-0.1, -0.05) is 13.8 Å². The Morgan fingerprint density at radius 2 is 1.84 bits per heavy atom. The minimum absolute atomic E-state index is 0.0313. The summed E-state index contributed by atoms with van der Waals surface area (Å²) in [5, 5.41) is 7.02. The average molecular weight is 448 g/mol. The molecule has 182 valence electrons. The molecule has 10 atom stereocenters. The molecule has 0 aromatic heterocycles. The molecule has 2 aliphatic carbocycles. The lowest BCUT2D eigenvalue weighted by atomic mass is 9.65. The first-order chi connectivity index (χ1) is 15.3. The summed E-state index contributed by atoms with van der Waals surface area (Å²) in [7, 11) is 3.76. The fourth-order valence-electron chi connectivity index (χ4n) is 7.30. The number of nitrogens with one attached hydrogen (secondary N) is 2. The topological polar surface area (TPSA) is 70.7 Å². The Morgan fingerprint density at radius 1 is 1.06 bits per heavy atom. The Balaban J connectivity index is 1.40. The first-order valence-electron chi connectivity index (χ1n) is 13.1. The van der Waals surface area contributed by atoms with Gasteiger partial charge in [0.1, 0.15) is 0 Å². The van der Waals surface area contributed by atoms with Crippen molar-refractivity contribution in [1.82, 2.24) is 15.5 Å². The van der Waals surface area contributed by atoms with Crippen molar-refractivity contribution in [3.8, 4) is 0 Å². The maximum absolute atomic E-state index is 13.4. The van der Waals surface area contributed by atoms with Crippen LogP contribution in [0.3, 0.4) is 0 Å². The average Bonchev–Trinajstić information content (AvgIpc) is 2.77. The smallest absolute Gasteiger partial charge is 0.225 e. The molecule has 2 saturated carbocycles. The van der Waals surface area contributed by atoms with E-state index in [9.17, 15) is 9.59 Å². The van der Waals surface area contributed by atoms with Gasteiger partial charge >= 0.3 is 0 Å². The Kier molecular flexibility index (Phi) is 7.50. The van der Waals surface area contributed by atoms with Crippen LogP contribution in [0.5, 0.6) is 0 Å². The zero-order chi connectivity index (χ0) is 23.0. The Hall–Kier alpha value is -1.14. The summed E-state index contributed by atoms with van der Waals surface area (Å²) >= 11 is 0. The van der Waals surface area contributed by atoms with E-state index in [4.69, 9.17) is 4.74 Å². The summed E-state index contributed by atoms with van der Waals surface area (Å²) in [6, 6.07) is 1.04. The molecule has 4 fully saturated rings. The quantitative estimate of drug-likeness (QED) is 0.694. The van der Waals surface area contributed by atoms with E-state index in [1.165, 1.54) is 0 Å². The molecule has 2 amide bonds. The van der Waals surface area contributed by atoms with Crippen LogP contribution in [0, 0.1) is 35.5 Å². The van der Waals surface area contributed by atoms with E-state index in [1.807, 2.05) is 7.05 Å². The molecule has 0 radical (unpaired) electrons. The number of piperidine rings is 2. The van der Waals surface area contributed by atoms with Gasteiger partial charge in [-0.25, -0.2) is 0 Å². The highest BCUT2D eigenvalue weighted by atomic mass is 16.5. The molecule has 0 bridgehead atoms. The van der Waals surface area contributed by atoms with Crippen molar-refractivity contribution < 1.29 is 14.3 Å². The number of nitrogens with zero attached hydrogens (tertiary/aromatic N) is 1. The number of hydrogen-bond acceptors (Lipinski definition) is 4. The molecule has 0 spiro atoms. The van der Waals surface area contributed by atoms with Gasteiger partial charge in [0.05, 0.1) is 12.0 Å². The van der Waals surface area contributed by atoms with Gasteiger partial charge in [0, 0.05) is 44.7 Å². The third kappa shape index (κ3) is 4.86. The number of carbonyl (C=O) groups is 2. The molecule has 2 N–H and O–H groups in total. The number of likely N-dealkylation sites (tertiary alicyclic amines) is 1. The summed E-state index contributed by atoms with van der Waals surface area (Å²) in [4.78, 5) is 28.7. The Labute approximate surface area is 194 Å². The number of hydrogen-bond donors (Lipinski definition) is 2. The number of ether oxygens (including phenoxy) is 1. The first kappa shape index (κ1) is 24.0. The molecule has 2 heterocycles. The highest BCUT2D eigenvalue weighted by Gasteiger charge is 2.47. The fourth-order valence-corrected chi connectivity index (χ4v) is 7.30. The van der Waals surface area contributed by atoms with Crippen LogP contribution in [0.1, 0.15) is 72.1 Å². The van der Waals surface area contributed by atoms with Gasteiger partial charge in [0.2, 0.25) is 11.8 Å². The van der Waals surface area contributed by atoms with Crippen LogP contribution in [0.15, 0.2) is 0 Å². The van der Waals surface area contributed by atoms with E-state index >= 15 is 0 Å². The molecule has 2 aliphatic heterocycles. The first-order valence-corrected chi connectivity index (χ1v) is 13.1. The monoisotopic (exact) mass is 447 g/mol. The highest BCUT2D eigenvalue weighted by Crippen LogP contribution is 2.43. The van der Waals surface area contributed by atoms with E-state index in [0.717, 1.165) is 57.9 Å². The normalized spacial score (nSPS) is 45.3. The van der Waals surface area contributed by atoms with Gasteiger partial charge in [-0.05, 0) is 82.0 Å². The van der Waals surface area contributed by atoms with Gasteiger partial charge < -0.3 is 20.3 Å². The lowest BCUT2D eigenvalue weighted by molar-refractivity contribution is -0.148. The van der Waals surface area contributed by atoms with Crippen molar-refractivity contribution in [1.29, 1.82) is 0 Å². The summed E-state index contributed by atoms with van der Waals surface area (Å²) in [5.74, 6) is 2.62. The van der Waals surface area contributed by atoms with E-state index in [0.29, 0.717) is 41.7 Å². The van der Waals surface area contributed by atoms with Crippen molar-refractivity contribution >= 4 is 11.8 Å². The van der Waals surface area contributed by atoms with Crippen molar-refractivity contribution in [2.24, 2.45) is 35.5 Å². The molecular formula is C26H45N3O3. The van der Waals surface area contributed by atoms with Gasteiger partial charge in [-0.3, -0.25) is 9.59 Å². The number of fused-ring (bicyclic) bond motifs is 1. The molecule has 10 unspecified atom stereocenters. The lowest BCUT2D eigenvalue weighted by Gasteiger charge is -2.50. The Bertz CT molecular complexity index is 685. The van der Waals surface area contributed by atoms with Gasteiger partial charge in [-0.15, -0.1) is 0 Å². The van der Waals surface area contributed by atoms with Crippen LogP contribution in [0.2, 0.25) is 0 Å². The van der Waals surface area contributed by atoms with Crippen LogP contribution in [-0.4, -0.2) is 61.6 Å². The Morgan fingerprint density at radius 3 is 2.59 bits per heavy atom. The molecule has 0 aromatic carbocycles. The van der Waals surface area contributed by atoms with Crippen LogP contribution in [0.25, 0.3) is 0 Å². The standard InChI is InChI=1S/C26H45N3O3/c1-15-6-9-20(24(10-15)32-5)25(30)28-19-8-7-16(2)21(13-19)22-12-18-14-27-17(3)11-23(18)29(4)26(22)31/h15-24,27H,6-14H2,1-5H3,(H,28,30). The van der Waals surface area contributed by atoms with Gasteiger partial charge in [0.15, 0.2) is 0 Å². The van der Waals surface area contributed by atoms with E-state index in [1.54, 1.807) is 7.11 Å². The summed E-state index contributed by atoms with van der Waals surface area (Å²) < 4.78 is 5.68. The van der Waals surface area contributed by atoms with Crippen LogP contribution in [0.4, 0.5) is 0 Å². The maximum atomic E-state index is 13.4. The third-order valence-electron chi connectivity index (χ3n) is 9.40. The van der Waals surface area contributed by atoms with Gasteiger partial charge in [0.25, 0.3) is 0 Å². The minimum Gasteiger partial charge on any atom is -0.381 e. The zero-order valence-corrected chi connectivity index (χ0v) is 20.8.